The van der Waals surface area contributed by atoms with Crippen molar-refractivity contribution in [2.75, 3.05) is 18.1 Å². The molecule has 1 rings (SSSR count). The van der Waals surface area contributed by atoms with Crippen molar-refractivity contribution in [3.63, 3.8) is 0 Å². The molecule has 1 saturated heterocycles. The van der Waals surface area contributed by atoms with Gasteiger partial charge in [0.15, 0.2) is 0 Å². The molecule has 1 aliphatic heterocycles. The molecule has 1 heterocycles. The largest absolute Gasteiger partial charge is 0.480 e. The predicted molar refractivity (Wildman–Crippen MR) is 97.6 cm³/mol. The molecular formula is C14H24N4O5S2. The number of hydrogen-bond acceptors (Lipinski definition) is 7. The Bertz CT molecular complexity index is 531. The van der Waals surface area contributed by atoms with Gasteiger partial charge in [-0.3, -0.25) is 14.4 Å². The fourth-order valence-corrected chi connectivity index (χ4v) is 2.99. The highest BCUT2D eigenvalue weighted by atomic mass is 32.1. The quantitative estimate of drug-likeness (QED) is 0.270. The number of carboxylic acid groups (broad SMARTS) is 1. The number of rotatable bonds is 8. The molecule has 142 valence electrons. The predicted octanol–water partition coefficient (Wildman–Crippen LogP) is -1.76. The Balaban J connectivity index is 2.73. The Hall–Kier alpha value is -1.46. The number of nitrogens with zero attached hydrogens (tertiary/aromatic N) is 1. The minimum absolute atomic E-state index is 0.0234. The topological polar surface area (TPSA) is 142 Å². The highest BCUT2D eigenvalue weighted by Crippen LogP contribution is 2.18. The monoisotopic (exact) mass is 392 g/mol. The van der Waals surface area contributed by atoms with Crippen molar-refractivity contribution in [2.45, 2.75) is 43.9 Å². The molecule has 4 atom stereocenters. The van der Waals surface area contributed by atoms with E-state index in [0.717, 1.165) is 0 Å². The van der Waals surface area contributed by atoms with E-state index in [0.29, 0.717) is 19.4 Å². The lowest BCUT2D eigenvalue weighted by atomic mass is 10.1. The van der Waals surface area contributed by atoms with Gasteiger partial charge in [-0.25, -0.2) is 4.79 Å². The van der Waals surface area contributed by atoms with Crippen LogP contribution in [-0.4, -0.2) is 75.9 Å². The summed E-state index contributed by atoms with van der Waals surface area (Å²) in [7, 11) is 0. The first-order chi connectivity index (χ1) is 11.7. The lowest BCUT2D eigenvalue weighted by Crippen LogP contribution is -2.57. The van der Waals surface area contributed by atoms with Crippen LogP contribution in [0.5, 0.6) is 0 Å². The summed E-state index contributed by atoms with van der Waals surface area (Å²) < 4.78 is 0. The average molecular weight is 393 g/mol. The Morgan fingerprint density at radius 3 is 2.28 bits per heavy atom. The third kappa shape index (κ3) is 5.79. The summed E-state index contributed by atoms with van der Waals surface area (Å²) in [6.45, 7) is 1.97. The van der Waals surface area contributed by atoms with Crippen molar-refractivity contribution in [3.05, 3.63) is 0 Å². The van der Waals surface area contributed by atoms with Crippen molar-refractivity contribution < 1.29 is 24.3 Å². The number of carboxylic acids is 1. The van der Waals surface area contributed by atoms with Gasteiger partial charge in [-0.05, 0) is 19.8 Å². The zero-order valence-electron chi connectivity index (χ0n) is 13.8. The van der Waals surface area contributed by atoms with Crippen LogP contribution in [-0.2, 0) is 19.2 Å². The van der Waals surface area contributed by atoms with E-state index in [1.54, 1.807) is 6.92 Å². The third-order valence-electron chi connectivity index (χ3n) is 3.84. The lowest BCUT2D eigenvalue weighted by Gasteiger charge is -2.27. The number of carbonyl (C=O) groups excluding carboxylic acids is 3. The van der Waals surface area contributed by atoms with Gasteiger partial charge in [-0.2, -0.15) is 25.3 Å². The minimum atomic E-state index is -1.22. The van der Waals surface area contributed by atoms with Gasteiger partial charge in [-0.15, -0.1) is 0 Å². The number of amides is 3. The summed E-state index contributed by atoms with van der Waals surface area (Å²) in [6, 6.07) is -3.61. The van der Waals surface area contributed by atoms with Crippen LogP contribution in [0.25, 0.3) is 0 Å². The molecule has 1 fully saturated rings. The van der Waals surface area contributed by atoms with Gasteiger partial charge in [0.05, 0.1) is 6.04 Å². The van der Waals surface area contributed by atoms with Gasteiger partial charge in [0.2, 0.25) is 17.7 Å². The molecule has 0 spiro atoms. The molecule has 0 aromatic carbocycles. The van der Waals surface area contributed by atoms with E-state index in [1.165, 1.54) is 4.90 Å². The maximum absolute atomic E-state index is 12.5. The minimum Gasteiger partial charge on any atom is -0.480 e. The van der Waals surface area contributed by atoms with Crippen LogP contribution in [0.15, 0.2) is 0 Å². The number of nitrogens with two attached hydrogens (primary N) is 1. The van der Waals surface area contributed by atoms with Crippen LogP contribution in [0.2, 0.25) is 0 Å². The number of hydrogen-bond donors (Lipinski definition) is 6. The first kappa shape index (κ1) is 21.6. The number of aliphatic carboxylic acids is 1. The summed E-state index contributed by atoms with van der Waals surface area (Å²) >= 11 is 7.89. The molecular weight excluding hydrogens is 368 g/mol. The van der Waals surface area contributed by atoms with Crippen molar-refractivity contribution in [1.29, 1.82) is 0 Å². The van der Waals surface area contributed by atoms with Crippen LogP contribution in [0.1, 0.15) is 19.8 Å². The highest BCUT2D eigenvalue weighted by molar-refractivity contribution is 7.80. The molecule has 0 aromatic heterocycles. The van der Waals surface area contributed by atoms with E-state index in [-0.39, 0.29) is 17.4 Å². The number of carbonyl (C=O) groups is 4. The molecule has 0 aliphatic carbocycles. The van der Waals surface area contributed by atoms with E-state index in [2.05, 4.69) is 35.9 Å². The average Bonchev–Trinajstić information content (AvgIpc) is 3.05. The smallest absolute Gasteiger partial charge is 0.327 e. The molecule has 25 heavy (non-hydrogen) atoms. The summed E-state index contributed by atoms with van der Waals surface area (Å²) in [5, 5.41) is 13.8. The van der Waals surface area contributed by atoms with E-state index in [1.807, 2.05) is 0 Å². The maximum Gasteiger partial charge on any atom is 0.327 e. The molecule has 0 bridgehead atoms. The normalized spacial score (nSPS) is 20.5. The summed E-state index contributed by atoms with van der Waals surface area (Å²) in [4.78, 5) is 49.0. The van der Waals surface area contributed by atoms with Crippen molar-refractivity contribution in [3.8, 4) is 0 Å². The standard InChI is InChI=1S/C14H24N4O5S2/c1-7(15)13(21)18-4-2-3-10(18)12(20)16-8(5-24)11(19)17-9(6-25)14(22)23/h7-10,24-25H,2-6,15H2,1H3,(H,16,20)(H,17,19)(H,22,23). The summed E-state index contributed by atoms with van der Waals surface area (Å²) in [5.74, 6) is -2.83. The second kappa shape index (κ2) is 9.88. The Morgan fingerprint density at radius 2 is 1.80 bits per heavy atom. The van der Waals surface area contributed by atoms with Crippen molar-refractivity contribution in [1.82, 2.24) is 15.5 Å². The number of thiol groups is 2. The second-order valence-corrected chi connectivity index (χ2v) is 6.53. The van der Waals surface area contributed by atoms with Crippen molar-refractivity contribution in [2.24, 2.45) is 5.73 Å². The van der Waals surface area contributed by atoms with E-state index >= 15 is 0 Å². The van der Waals surface area contributed by atoms with Gasteiger partial charge >= 0.3 is 5.97 Å². The molecule has 0 aromatic rings. The molecule has 4 unspecified atom stereocenters. The lowest BCUT2D eigenvalue weighted by molar-refractivity contribution is -0.142. The molecule has 0 saturated carbocycles. The number of likely N-dealkylation sites (tertiary alicyclic amines) is 1. The molecule has 3 amide bonds. The van der Waals surface area contributed by atoms with Crippen LogP contribution in [0.4, 0.5) is 0 Å². The van der Waals surface area contributed by atoms with E-state index in [9.17, 15) is 19.2 Å². The van der Waals surface area contributed by atoms with Crippen LogP contribution < -0.4 is 16.4 Å². The Kier molecular flexibility index (Phi) is 8.53. The Labute approximate surface area is 156 Å². The zero-order valence-corrected chi connectivity index (χ0v) is 15.6. The van der Waals surface area contributed by atoms with Crippen molar-refractivity contribution >= 4 is 48.9 Å². The number of nitrogens with one attached hydrogen (secondary N) is 2. The highest BCUT2D eigenvalue weighted by Gasteiger charge is 2.36. The molecule has 1 aliphatic rings. The summed E-state index contributed by atoms with van der Waals surface area (Å²) in [5.41, 5.74) is 5.59. The van der Waals surface area contributed by atoms with E-state index in [4.69, 9.17) is 10.8 Å². The fourth-order valence-electron chi connectivity index (χ4n) is 2.48. The maximum atomic E-state index is 12.5. The molecule has 0 radical (unpaired) electrons. The molecule has 5 N–H and O–H groups in total. The third-order valence-corrected chi connectivity index (χ3v) is 4.57. The molecule has 9 nitrogen and oxygen atoms in total. The molecule has 11 heteroatoms. The van der Waals surface area contributed by atoms with Gasteiger partial charge in [0.1, 0.15) is 18.1 Å². The van der Waals surface area contributed by atoms with E-state index < -0.39 is 42.0 Å². The first-order valence-electron chi connectivity index (χ1n) is 7.84. The van der Waals surface area contributed by atoms with Crippen LogP contribution in [0.3, 0.4) is 0 Å². The summed E-state index contributed by atoms with van der Waals surface area (Å²) in [6.07, 6.45) is 1.13. The van der Waals surface area contributed by atoms with Crippen LogP contribution in [0, 0.1) is 0 Å². The van der Waals surface area contributed by atoms with Gasteiger partial charge in [0.25, 0.3) is 0 Å². The van der Waals surface area contributed by atoms with Crippen LogP contribution >= 0.6 is 25.3 Å². The second-order valence-electron chi connectivity index (χ2n) is 5.80. The van der Waals surface area contributed by atoms with Gasteiger partial charge in [0, 0.05) is 18.1 Å². The zero-order chi connectivity index (χ0) is 19.1. The first-order valence-corrected chi connectivity index (χ1v) is 9.10. The van der Waals surface area contributed by atoms with Gasteiger partial charge < -0.3 is 26.4 Å². The SMILES string of the molecule is CC(N)C(=O)N1CCCC1C(=O)NC(CS)C(=O)NC(CS)C(=O)O. The fraction of sp³-hybridized carbons (Fsp3) is 0.714. The van der Waals surface area contributed by atoms with Gasteiger partial charge in [-0.1, -0.05) is 0 Å². The Morgan fingerprint density at radius 1 is 1.20 bits per heavy atom.